The van der Waals surface area contributed by atoms with E-state index in [1.54, 1.807) is 0 Å². The van der Waals surface area contributed by atoms with Crippen LogP contribution in [0.15, 0.2) is 12.7 Å². The molecule has 0 saturated carbocycles. The summed E-state index contributed by atoms with van der Waals surface area (Å²) in [4.78, 5) is 2.51. The van der Waals surface area contributed by atoms with Crippen LogP contribution in [0.3, 0.4) is 0 Å². The average molecular weight is 181 g/mol. The van der Waals surface area contributed by atoms with Gasteiger partial charge in [-0.2, -0.15) is 0 Å². The maximum atomic E-state index is 5.41. The van der Waals surface area contributed by atoms with E-state index in [4.69, 9.17) is 4.74 Å². The molecule has 1 spiro atoms. The zero-order valence-electron chi connectivity index (χ0n) is 8.30. The van der Waals surface area contributed by atoms with Gasteiger partial charge in [0.1, 0.15) is 0 Å². The first-order valence-electron chi connectivity index (χ1n) is 5.26. The van der Waals surface area contributed by atoms with Crippen molar-refractivity contribution in [3.05, 3.63) is 12.7 Å². The van der Waals surface area contributed by atoms with E-state index in [-0.39, 0.29) is 0 Å². The van der Waals surface area contributed by atoms with Crippen LogP contribution in [0.5, 0.6) is 0 Å². The number of nitrogens with zero attached hydrogens (tertiary/aromatic N) is 1. The summed E-state index contributed by atoms with van der Waals surface area (Å²) in [5.74, 6) is 0. The summed E-state index contributed by atoms with van der Waals surface area (Å²) >= 11 is 0. The summed E-state index contributed by atoms with van der Waals surface area (Å²) in [5, 5.41) is 0. The third kappa shape index (κ3) is 1.94. The van der Waals surface area contributed by atoms with Gasteiger partial charge >= 0.3 is 0 Å². The van der Waals surface area contributed by atoms with Crippen LogP contribution in [-0.2, 0) is 4.74 Å². The Morgan fingerprint density at radius 2 is 2.08 bits per heavy atom. The second-order valence-corrected chi connectivity index (χ2v) is 4.39. The molecule has 0 aromatic carbocycles. The quantitative estimate of drug-likeness (QED) is 0.601. The molecule has 0 N–H and O–H groups in total. The Labute approximate surface area is 80.6 Å². The summed E-state index contributed by atoms with van der Waals surface area (Å²) in [7, 11) is 0. The summed E-state index contributed by atoms with van der Waals surface area (Å²) in [6.07, 6.45) is 5.91. The van der Waals surface area contributed by atoms with Crippen LogP contribution in [0.2, 0.25) is 0 Å². The molecule has 74 valence electrons. The fraction of sp³-hybridized carbons (Fsp3) is 0.818. The van der Waals surface area contributed by atoms with E-state index in [0.717, 1.165) is 19.8 Å². The van der Waals surface area contributed by atoms with E-state index < -0.39 is 0 Å². The summed E-state index contributed by atoms with van der Waals surface area (Å²) < 4.78 is 5.41. The highest BCUT2D eigenvalue weighted by atomic mass is 16.5. The van der Waals surface area contributed by atoms with Gasteiger partial charge in [-0.3, -0.25) is 4.90 Å². The molecule has 2 aliphatic heterocycles. The SMILES string of the molecule is C=CCN1CCC2(CCOCC2)C1. The monoisotopic (exact) mass is 181 g/mol. The minimum Gasteiger partial charge on any atom is -0.381 e. The molecule has 0 aliphatic carbocycles. The lowest BCUT2D eigenvalue weighted by molar-refractivity contribution is 0.0199. The Balaban J connectivity index is 1.90. The molecule has 0 aromatic heterocycles. The lowest BCUT2D eigenvalue weighted by Gasteiger charge is -2.33. The molecule has 2 rings (SSSR count). The summed E-state index contributed by atoms with van der Waals surface area (Å²) in [5.41, 5.74) is 0.598. The number of likely N-dealkylation sites (tertiary alicyclic amines) is 1. The van der Waals surface area contributed by atoms with Crippen molar-refractivity contribution >= 4 is 0 Å². The second-order valence-electron chi connectivity index (χ2n) is 4.39. The standard InChI is InChI=1S/C11H19NO/c1-2-6-12-7-3-11(10-12)4-8-13-9-5-11/h2H,1,3-10H2. The molecule has 0 atom stereocenters. The van der Waals surface area contributed by atoms with Gasteiger partial charge in [0.05, 0.1) is 0 Å². The van der Waals surface area contributed by atoms with Crippen molar-refractivity contribution in [1.82, 2.24) is 4.90 Å². The Kier molecular flexibility index (Phi) is 2.70. The minimum absolute atomic E-state index is 0.598. The molecular weight excluding hydrogens is 162 g/mol. The number of hydrogen-bond acceptors (Lipinski definition) is 2. The minimum atomic E-state index is 0.598. The zero-order valence-corrected chi connectivity index (χ0v) is 8.30. The van der Waals surface area contributed by atoms with Crippen LogP contribution in [0.4, 0.5) is 0 Å². The Hall–Kier alpha value is -0.340. The van der Waals surface area contributed by atoms with Crippen molar-refractivity contribution in [3.63, 3.8) is 0 Å². The van der Waals surface area contributed by atoms with Crippen molar-refractivity contribution < 1.29 is 4.74 Å². The van der Waals surface area contributed by atoms with E-state index in [0.29, 0.717) is 5.41 Å². The zero-order chi connectivity index (χ0) is 9.15. The van der Waals surface area contributed by atoms with Crippen LogP contribution < -0.4 is 0 Å². The molecule has 13 heavy (non-hydrogen) atoms. The van der Waals surface area contributed by atoms with Crippen LogP contribution in [-0.4, -0.2) is 37.7 Å². The van der Waals surface area contributed by atoms with Crippen molar-refractivity contribution in [2.45, 2.75) is 19.3 Å². The normalized spacial score (nSPS) is 28.0. The Bertz CT molecular complexity index is 185. The average Bonchev–Trinajstić information content (AvgIpc) is 2.51. The highest BCUT2D eigenvalue weighted by Gasteiger charge is 2.38. The molecule has 0 radical (unpaired) electrons. The molecule has 2 aliphatic rings. The van der Waals surface area contributed by atoms with E-state index in [2.05, 4.69) is 11.5 Å². The molecule has 2 fully saturated rings. The number of hydrogen-bond donors (Lipinski definition) is 0. The van der Waals surface area contributed by atoms with Gasteiger partial charge in [0.2, 0.25) is 0 Å². The Morgan fingerprint density at radius 1 is 1.31 bits per heavy atom. The topological polar surface area (TPSA) is 12.5 Å². The van der Waals surface area contributed by atoms with Gasteiger partial charge < -0.3 is 4.74 Å². The lowest BCUT2D eigenvalue weighted by Crippen LogP contribution is -2.33. The van der Waals surface area contributed by atoms with Crippen LogP contribution >= 0.6 is 0 Å². The largest absolute Gasteiger partial charge is 0.381 e. The predicted octanol–water partition coefficient (Wildman–Crippen LogP) is 1.67. The van der Waals surface area contributed by atoms with Crippen LogP contribution in [0.25, 0.3) is 0 Å². The molecule has 0 bridgehead atoms. The molecular formula is C11H19NO. The van der Waals surface area contributed by atoms with E-state index >= 15 is 0 Å². The van der Waals surface area contributed by atoms with Gasteiger partial charge in [0, 0.05) is 26.3 Å². The van der Waals surface area contributed by atoms with E-state index in [1.807, 2.05) is 6.08 Å². The highest BCUT2D eigenvalue weighted by molar-refractivity contribution is 4.92. The van der Waals surface area contributed by atoms with Crippen molar-refractivity contribution in [1.29, 1.82) is 0 Å². The molecule has 2 heteroatoms. The first kappa shape index (κ1) is 9.22. The van der Waals surface area contributed by atoms with Gasteiger partial charge in [-0.1, -0.05) is 6.08 Å². The molecule has 2 heterocycles. The van der Waals surface area contributed by atoms with Gasteiger partial charge in [-0.15, -0.1) is 6.58 Å². The first-order valence-corrected chi connectivity index (χ1v) is 5.26. The van der Waals surface area contributed by atoms with Crippen molar-refractivity contribution in [2.24, 2.45) is 5.41 Å². The maximum absolute atomic E-state index is 5.41. The third-order valence-corrected chi connectivity index (χ3v) is 3.46. The molecule has 0 aromatic rings. The fourth-order valence-electron chi connectivity index (χ4n) is 2.58. The molecule has 2 saturated heterocycles. The summed E-state index contributed by atoms with van der Waals surface area (Å²) in [6.45, 7) is 9.32. The third-order valence-electron chi connectivity index (χ3n) is 3.46. The number of rotatable bonds is 2. The predicted molar refractivity (Wildman–Crippen MR) is 53.7 cm³/mol. The van der Waals surface area contributed by atoms with Crippen LogP contribution in [0, 0.1) is 5.41 Å². The van der Waals surface area contributed by atoms with Gasteiger partial charge in [0.25, 0.3) is 0 Å². The fourth-order valence-corrected chi connectivity index (χ4v) is 2.58. The van der Waals surface area contributed by atoms with Gasteiger partial charge in [-0.05, 0) is 31.2 Å². The van der Waals surface area contributed by atoms with Gasteiger partial charge in [0.15, 0.2) is 0 Å². The first-order chi connectivity index (χ1) is 6.35. The number of ether oxygens (including phenoxy) is 1. The van der Waals surface area contributed by atoms with Gasteiger partial charge in [-0.25, -0.2) is 0 Å². The van der Waals surface area contributed by atoms with Crippen LogP contribution in [0.1, 0.15) is 19.3 Å². The summed E-state index contributed by atoms with van der Waals surface area (Å²) in [6, 6.07) is 0. The van der Waals surface area contributed by atoms with E-state index in [1.165, 1.54) is 32.4 Å². The Morgan fingerprint density at radius 3 is 2.77 bits per heavy atom. The van der Waals surface area contributed by atoms with E-state index in [9.17, 15) is 0 Å². The van der Waals surface area contributed by atoms with Crippen molar-refractivity contribution in [2.75, 3.05) is 32.8 Å². The maximum Gasteiger partial charge on any atom is 0.0471 e. The molecule has 0 amide bonds. The smallest absolute Gasteiger partial charge is 0.0471 e. The second kappa shape index (κ2) is 3.81. The molecule has 0 unspecified atom stereocenters. The molecule has 2 nitrogen and oxygen atoms in total. The highest BCUT2D eigenvalue weighted by Crippen LogP contribution is 2.39. The lowest BCUT2D eigenvalue weighted by atomic mass is 9.80. The van der Waals surface area contributed by atoms with Crippen molar-refractivity contribution in [3.8, 4) is 0 Å².